The largest absolute Gasteiger partial charge is 0.298 e. The lowest BCUT2D eigenvalue weighted by Crippen LogP contribution is -2.11. The van der Waals surface area contributed by atoms with Gasteiger partial charge in [-0.2, -0.15) is 0 Å². The predicted molar refractivity (Wildman–Crippen MR) is 97.1 cm³/mol. The maximum absolute atomic E-state index is 12.2. The highest BCUT2D eigenvalue weighted by Gasteiger charge is 2.12. The van der Waals surface area contributed by atoms with E-state index in [1.165, 1.54) is 11.3 Å². The van der Waals surface area contributed by atoms with Crippen LogP contribution in [0, 0.1) is 0 Å². The summed E-state index contributed by atoms with van der Waals surface area (Å²) in [5.74, 6) is -0.170. The fourth-order valence-electron chi connectivity index (χ4n) is 1.78. The Kier molecular flexibility index (Phi) is 4.44. The van der Waals surface area contributed by atoms with Gasteiger partial charge >= 0.3 is 0 Å². The molecule has 1 amide bonds. The molecule has 1 heterocycles. The standard InChI is InChI=1S/C14H7Br3N2OS/c15-8-3-1-7(2-4-8)13(20)19-14-18-12-10(17)5-9(16)6-11(12)21-14/h1-6H,(H,18,19,20). The first-order valence-corrected chi connectivity index (χ1v) is 9.05. The Balaban J connectivity index is 1.89. The minimum atomic E-state index is -0.170. The lowest BCUT2D eigenvalue weighted by Gasteiger charge is -2.01. The molecule has 0 atom stereocenters. The van der Waals surface area contributed by atoms with Gasteiger partial charge in [-0.25, -0.2) is 4.98 Å². The number of rotatable bonds is 2. The molecule has 0 aliphatic rings. The zero-order valence-corrected chi connectivity index (χ0v) is 15.9. The van der Waals surface area contributed by atoms with Crippen molar-refractivity contribution < 1.29 is 4.79 Å². The zero-order valence-electron chi connectivity index (χ0n) is 10.4. The molecule has 3 nitrogen and oxygen atoms in total. The second-order valence-electron chi connectivity index (χ2n) is 4.21. The Morgan fingerprint density at radius 2 is 1.76 bits per heavy atom. The third-order valence-corrected chi connectivity index (χ3v) is 5.25. The first-order valence-electron chi connectivity index (χ1n) is 5.85. The van der Waals surface area contributed by atoms with Gasteiger partial charge in [-0.3, -0.25) is 10.1 Å². The molecule has 1 aromatic heterocycles. The fraction of sp³-hybridized carbons (Fsp3) is 0. The van der Waals surface area contributed by atoms with E-state index < -0.39 is 0 Å². The molecule has 0 aliphatic carbocycles. The summed E-state index contributed by atoms with van der Waals surface area (Å²) in [7, 11) is 0. The molecule has 3 aromatic rings. The molecule has 0 bridgehead atoms. The SMILES string of the molecule is O=C(Nc1nc2c(Br)cc(Br)cc2s1)c1ccc(Br)cc1. The summed E-state index contributed by atoms with van der Waals surface area (Å²) < 4.78 is 3.80. The monoisotopic (exact) mass is 488 g/mol. The molecule has 106 valence electrons. The molecule has 2 aromatic carbocycles. The number of nitrogens with one attached hydrogen (secondary N) is 1. The molecule has 0 unspecified atom stereocenters. The van der Waals surface area contributed by atoms with Gasteiger partial charge in [-0.15, -0.1) is 0 Å². The molecule has 7 heteroatoms. The van der Waals surface area contributed by atoms with Gasteiger partial charge in [0.05, 0.1) is 10.2 Å². The van der Waals surface area contributed by atoms with Gasteiger partial charge in [0.25, 0.3) is 5.91 Å². The minimum Gasteiger partial charge on any atom is -0.298 e. The van der Waals surface area contributed by atoms with Crippen molar-refractivity contribution in [2.45, 2.75) is 0 Å². The highest BCUT2D eigenvalue weighted by Crippen LogP contribution is 2.34. The number of halogens is 3. The van der Waals surface area contributed by atoms with E-state index in [4.69, 9.17) is 0 Å². The summed E-state index contributed by atoms with van der Waals surface area (Å²) in [5.41, 5.74) is 1.44. The van der Waals surface area contributed by atoms with E-state index in [0.717, 1.165) is 23.6 Å². The summed E-state index contributed by atoms with van der Waals surface area (Å²) >= 11 is 11.7. The highest BCUT2D eigenvalue weighted by molar-refractivity contribution is 9.11. The molecular formula is C14H7Br3N2OS. The van der Waals surface area contributed by atoms with Gasteiger partial charge in [0, 0.05) is 19.0 Å². The molecule has 0 aliphatic heterocycles. The number of amides is 1. The number of carbonyl (C=O) groups excluding carboxylic acids is 1. The van der Waals surface area contributed by atoms with Crippen LogP contribution in [-0.2, 0) is 0 Å². The highest BCUT2D eigenvalue weighted by atomic mass is 79.9. The topological polar surface area (TPSA) is 42.0 Å². The smallest absolute Gasteiger partial charge is 0.257 e. The number of carbonyl (C=O) groups is 1. The second-order valence-corrected chi connectivity index (χ2v) is 7.93. The average molecular weight is 491 g/mol. The molecule has 21 heavy (non-hydrogen) atoms. The average Bonchev–Trinajstić information content (AvgIpc) is 2.82. The van der Waals surface area contributed by atoms with E-state index in [1.54, 1.807) is 12.1 Å². The Hall–Kier alpha value is -0.760. The van der Waals surface area contributed by atoms with Crippen LogP contribution in [0.25, 0.3) is 10.2 Å². The second kappa shape index (κ2) is 6.16. The van der Waals surface area contributed by atoms with Crippen LogP contribution in [0.4, 0.5) is 5.13 Å². The van der Waals surface area contributed by atoms with E-state index in [0.29, 0.717) is 10.7 Å². The summed E-state index contributed by atoms with van der Waals surface area (Å²) in [5, 5.41) is 3.41. The number of anilines is 1. The third-order valence-electron chi connectivity index (χ3n) is 2.74. The predicted octanol–water partition coefficient (Wildman–Crippen LogP) is 5.84. The van der Waals surface area contributed by atoms with E-state index in [-0.39, 0.29) is 5.91 Å². The summed E-state index contributed by atoms with van der Waals surface area (Å²) in [6.07, 6.45) is 0. The van der Waals surface area contributed by atoms with Gasteiger partial charge in [-0.05, 0) is 52.3 Å². The first-order chi connectivity index (χ1) is 10.0. The van der Waals surface area contributed by atoms with Crippen molar-refractivity contribution in [3.05, 3.63) is 55.4 Å². The van der Waals surface area contributed by atoms with Crippen LogP contribution in [-0.4, -0.2) is 10.9 Å². The number of nitrogens with zero attached hydrogens (tertiary/aromatic N) is 1. The van der Waals surface area contributed by atoms with Crippen LogP contribution in [0.3, 0.4) is 0 Å². The molecular weight excluding hydrogens is 484 g/mol. The summed E-state index contributed by atoms with van der Waals surface area (Å²) in [6, 6.07) is 11.1. The minimum absolute atomic E-state index is 0.170. The third kappa shape index (κ3) is 3.36. The van der Waals surface area contributed by atoms with Crippen LogP contribution in [0.15, 0.2) is 49.8 Å². The van der Waals surface area contributed by atoms with Gasteiger partial charge in [0.1, 0.15) is 0 Å². The van der Waals surface area contributed by atoms with Crippen LogP contribution in [0.5, 0.6) is 0 Å². The van der Waals surface area contributed by atoms with Gasteiger partial charge in [-0.1, -0.05) is 43.2 Å². The van der Waals surface area contributed by atoms with E-state index in [9.17, 15) is 4.79 Å². The normalized spacial score (nSPS) is 10.8. The number of hydrogen-bond donors (Lipinski definition) is 1. The van der Waals surface area contributed by atoms with Crippen molar-refractivity contribution in [2.75, 3.05) is 5.32 Å². The number of hydrogen-bond acceptors (Lipinski definition) is 3. The number of fused-ring (bicyclic) bond motifs is 1. The fourth-order valence-corrected chi connectivity index (χ4v) is 4.57. The molecule has 0 saturated carbocycles. The first kappa shape index (κ1) is 15.1. The van der Waals surface area contributed by atoms with Crippen molar-refractivity contribution in [2.24, 2.45) is 0 Å². The lowest BCUT2D eigenvalue weighted by atomic mass is 10.2. The Morgan fingerprint density at radius 3 is 2.48 bits per heavy atom. The van der Waals surface area contributed by atoms with Crippen molar-refractivity contribution >= 4 is 80.4 Å². The van der Waals surface area contributed by atoms with Crippen molar-refractivity contribution in [3.8, 4) is 0 Å². The van der Waals surface area contributed by atoms with Gasteiger partial charge in [0.2, 0.25) is 0 Å². The number of benzene rings is 2. The summed E-state index contributed by atoms with van der Waals surface area (Å²) in [4.78, 5) is 16.6. The maximum atomic E-state index is 12.2. The van der Waals surface area contributed by atoms with Gasteiger partial charge < -0.3 is 0 Å². The molecule has 0 radical (unpaired) electrons. The Labute approximate surface area is 150 Å². The molecule has 3 rings (SSSR count). The molecule has 0 saturated heterocycles. The number of aromatic nitrogens is 1. The lowest BCUT2D eigenvalue weighted by molar-refractivity contribution is 0.102. The van der Waals surface area contributed by atoms with Crippen LogP contribution in [0.1, 0.15) is 10.4 Å². The van der Waals surface area contributed by atoms with Crippen LogP contribution < -0.4 is 5.32 Å². The Morgan fingerprint density at radius 1 is 1.05 bits per heavy atom. The van der Waals surface area contributed by atoms with E-state index in [2.05, 4.69) is 58.1 Å². The maximum Gasteiger partial charge on any atom is 0.257 e. The number of thiazole rings is 1. The van der Waals surface area contributed by atoms with Crippen molar-refractivity contribution in [1.82, 2.24) is 4.98 Å². The van der Waals surface area contributed by atoms with Crippen LogP contribution >= 0.6 is 59.1 Å². The zero-order chi connectivity index (χ0) is 15.0. The summed E-state index contributed by atoms with van der Waals surface area (Å²) in [6.45, 7) is 0. The quantitative estimate of drug-likeness (QED) is 0.490. The van der Waals surface area contributed by atoms with Gasteiger partial charge in [0.15, 0.2) is 5.13 Å². The van der Waals surface area contributed by atoms with Crippen molar-refractivity contribution in [1.29, 1.82) is 0 Å². The Bertz CT molecular complexity index is 830. The molecule has 0 fully saturated rings. The molecule has 0 spiro atoms. The van der Waals surface area contributed by atoms with E-state index in [1.807, 2.05) is 24.3 Å². The molecule has 1 N–H and O–H groups in total. The van der Waals surface area contributed by atoms with Crippen molar-refractivity contribution in [3.63, 3.8) is 0 Å². The van der Waals surface area contributed by atoms with Crippen LogP contribution in [0.2, 0.25) is 0 Å². The van der Waals surface area contributed by atoms with E-state index >= 15 is 0 Å².